The van der Waals surface area contributed by atoms with Crippen LogP contribution in [0, 0.1) is 0 Å². The molecule has 2 aliphatic heterocycles. The zero-order valence-corrected chi connectivity index (χ0v) is 19.6. The molecular formula is C26H27F3N2O4. The van der Waals surface area contributed by atoms with Crippen LogP contribution in [0.4, 0.5) is 13.2 Å². The number of piperazine rings is 1. The smallest absolute Gasteiger partial charge is 0.416 e. The molecule has 2 aromatic rings. The highest BCUT2D eigenvalue weighted by Crippen LogP contribution is 2.36. The Bertz CT molecular complexity index is 1140. The summed E-state index contributed by atoms with van der Waals surface area (Å²) in [7, 11) is 0. The summed E-state index contributed by atoms with van der Waals surface area (Å²) in [5, 5.41) is 0. The number of benzene rings is 2. The Morgan fingerprint density at radius 2 is 1.83 bits per heavy atom. The number of ether oxygens (including phenoxy) is 2. The molecular weight excluding hydrogens is 461 g/mol. The van der Waals surface area contributed by atoms with Crippen LogP contribution >= 0.6 is 0 Å². The molecule has 1 unspecified atom stereocenters. The van der Waals surface area contributed by atoms with Crippen LogP contribution in [-0.2, 0) is 17.4 Å². The Morgan fingerprint density at radius 3 is 2.51 bits per heavy atom. The van der Waals surface area contributed by atoms with E-state index in [0.717, 1.165) is 35.4 Å². The number of fused-ring (bicyclic) bond motifs is 1. The molecule has 1 fully saturated rings. The Kier molecular flexibility index (Phi) is 7.05. The van der Waals surface area contributed by atoms with Gasteiger partial charge in [0.25, 0.3) is 5.91 Å². The van der Waals surface area contributed by atoms with Crippen LogP contribution in [0.3, 0.4) is 0 Å². The van der Waals surface area contributed by atoms with E-state index < -0.39 is 17.6 Å². The molecule has 4 rings (SSSR count). The molecule has 9 heteroatoms. The molecule has 2 heterocycles. The van der Waals surface area contributed by atoms with Crippen LogP contribution in [0.15, 0.2) is 42.5 Å². The van der Waals surface area contributed by atoms with Crippen molar-refractivity contribution in [3.05, 3.63) is 64.7 Å². The number of carbonyl (C=O) groups is 2. The van der Waals surface area contributed by atoms with Crippen LogP contribution in [0.25, 0.3) is 6.08 Å². The Balaban J connectivity index is 1.39. The van der Waals surface area contributed by atoms with E-state index in [0.29, 0.717) is 12.4 Å². The molecule has 0 N–H and O–H groups in total. The highest BCUT2D eigenvalue weighted by atomic mass is 19.4. The minimum absolute atomic E-state index is 0.0175. The second-order valence-corrected chi connectivity index (χ2v) is 8.59. The largest absolute Gasteiger partial charge is 0.493 e. The van der Waals surface area contributed by atoms with Crippen LogP contribution in [0.1, 0.15) is 40.9 Å². The fraction of sp³-hybridized carbons (Fsp3) is 0.385. The molecule has 2 aliphatic rings. The summed E-state index contributed by atoms with van der Waals surface area (Å²) in [6.07, 6.45) is -0.455. The summed E-state index contributed by atoms with van der Waals surface area (Å²) >= 11 is 0. The zero-order chi connectivity index (χ0) is 25.2. The average Bonchev–Trinajstić information content (AvgIpc) is 3.20. The van der Waals surface area contributed by atoms with Crippen LogP contribution in [0.5, 0.6) is 11.5 Å². The second-order valence-electron chi connectivity index (χ2n) is 8.59. The van der Waals surface area contributed by atoms with Gasteiger partial charge in [-0.25, -0.2) is 0 Å². The monoisotopic (exact) mass is 488 g/mol. The lowest BCUT2D eigenvalue weighted by atomic mass is 10.1. The number of amides is 2. The average molecular weight is 489 g/mol. The summed E-state index contributed by atoms with van der Waals surface area (Å²) in [6.45, 7) is 5.44. The number of hydrogen-bond donors (Lipinski definition) is 0. The Morgan fingerprint density at radius 1 is 1.11 bits per heavy atom. The molecule has 0 saturated carbocycles. The highest BCUT2D eigenvalue weighted by Gasteiger charge is 2.32. The molecule has 0 radical (unpaired) electrons. The normalized spacial score (nSPS) is 17.9. The van der Waals surface area contributed by atoms with Gasteiger partial charge in [0.1, 0.15) is 17.6 Å². The summed E-state index contributed by atoms with van der Waals surface area (Å²) in [5.41, 5.74) is 0.939. The van der Waals surface area contributed by atoms with E-state index in [1.807, 2.05) is 26.0 Å². The van der Waals surface area contributed by atoms with Crippen LogP contribution < -0.4 is 9.47 Å². The Hall–Kier alpha value is -3.49. The van der Waals surface area contributed by atoms with E-state index in [9.17, 15) is 22.8 Å². The maximum atomic E-state index is 13.0. The molecule has 1 atom stereocenters. The summed E-state index contributed by atoms with van der Waals surface area (Å²) in [5.74, 6) is 0.778. The number of hydrogen-bond acceptors (Lipinski definition) is 4. The molecule has 0 aromatic heterocycles. The molecule has 2 amide bonds. The third-order valence-electron chi connectivity index (χ3n) is 6.05. The third-order valence-corrected chi connectivity index (χ3v) is 6.05. The van der Waals surface area contributed by atoms with E-state index in [-0.39, 0.29) is 43.8 Å². The molecule has 0 bridgehead atoms. The van der Waals surface area contributed by atoms with E-state index in [1.54, 1.807) is 11.0 Å². The third kappa shape index (κ3) is 5.61. The van der Waals surface area contributed by atoms with Gasteiger partial charge in [-0.15, -0.1) is 0 Å². The minimum Gasteiger partial charge on any atom is -0.493 e. The van der Waals surface area contributed by atoms with Crippen molar-refractivity contribution >= 4 is 17.9 Å². The van der Waals surface area contributed by atoms with Crippen molar-refractivity contribution in [2.24, 2.45) is 0 Å². The van der Waals surface area contributed by atoms with Gasteiger partial charge in [-0.1, -0.05) is 6.07 Å². The Labute approximate surface area is 201 Å². The first-order chi connectivity index (χ1) is 16.7. The molecule has 0 spiro atoms. The summed E-state index contributed by atoms with van der Waals surface area (Å²) < 4.78 is 50.5. The number of nitrogens with zero attached hydrogens (tertiary/aromatic N) is 2. The van der Waals surface area contributed by atoms with Gasteiger partial charge >= 0.3 is 6.18 Å². The number of carbonyl (C=O) groups excluding carboxylic acids is 2. The van der Waals surface area contributed by atoms with Crippen molar-refractivity contribution in [3.63, 3.8) is 0 Å². The van der Waals surface area contributed by atoms with Crippen molar-refractivity contribution < 1.29 is 32.2 Å². The predicted molar refractivity (Wildman–Crippen MR) is 124 cm³/mol. The quantitative estimate of drug-likeness (QED) is 0.585. The van der Waals surface area contributed by atoms with Gasteiger partial charge < -0.3 is 19.3 Å². The molecule has 6 nitrogen and oxygen atoms in total. The SMILES string of the molecule is CCOc1cc2c(cc1/C=C/C(=O)N1CCN(C(=O)c3cccc(C(F)(F)F)c3)CC1)OC(C)C2. The maximum absolute atomic E-state index is 13.0. The van der Waals surface area contributed by atoms with Crippen molar-refractivity contribution in [1.82, 2.24) is 9.80 Å². The zero-order valence-electron chi connectivity index (χ0n) is 19.6. The molecule has 186 valence electrons. The van der Waals surface area contributed by atoms with Crippen molar-refractivity contribution in [1.29, 1.82) is 0 Å². The molecule has 1 saturated heterocycles. The number of alkyl halides is 3. The van der Waals surface area contributed by atoms with Gasteiger partial charge in [0.05, 0.1) is 12.2 Å². The van der Waals surface area contributed by atoms with E-state index in [1.165, 1.54) is 23.1 Å². The highest BCUT2D eigenvalue weighted by molar-refractivity contribution is 5.95. The maximum Gasteiger partial charge on any atom is 0.416 e. The van der Waals surface area contributed by atoms with E-state index >= 15 is 0 Å². The fourth-order valence-corrected chi connectivity index (χ4v) is 4.27. The number of rotatable bonds is 5. The second kappa shape index (κ2) is 10.0. The van der Waals surface area contributed by atoms with Gasteiger partial charge in [0.15, 0.2) is 0 Å². The molecule has 35 heavy (non-hydrogen) atoms. The van der Waals surface area contributed by atoms with Gasteiger partial charge in [0, 0.05) is 55.4 Å². The van der Waals surface area contributed by atoms with Gasteiger partial charge in [0.2, 0.25) is 5.91 Å². The fourth-order valence-electron chi connectivity index (χ4n) is 4.27. The van der Waals surface area contributed by atoms with Gasteiger partial charge in [-0.05, 0) is 50.3 Å². The molecule has 0 aliphatic carbocycles. The predicted octanol–water partition coefficient (Wildman–Crippen LogP) is 4.43. The van der Waals surface area contributed by atoms with E-state index in [4.69, 9.17) is 9.47 Å². The van der Waals surface area contributed by atoms with Crippen molar-refractivity contribution in [3.8, 4) is 11.5 Å². The van der Waals surface area contributed by atoms with Crippen LogP contribution in [-0.4, -0.2) is 60.5 Å². The van der Waals surface area contributed by atoms with Gasteiger partial charge in [-0.3, -0.25) is 9.59 Å². The first-order valence-electron chi connectivity index (χ1n) is 11.6. The number of halogens is 3. The van der Waals surface area contributed by atoms with Crippen molar-refractivity contribution in [2.75, 3.05) is 32.8 Å². The standard InChI is InChI=1S/C26H27F3N2O4/c1-3-34-22-16-20-13-17(2)35-23(20)15-18(22)7-8-24(32)30-9-11-31(12-10-30)25(33)19-5-4-6-21(14-19)26(27,28)29/h4-8,14-17H,3,9-13H2,1-2H3/b8-7+. The van der Waals surface area contributed by atoms with Gasteiger partial charge in [-0.2, -0.15) is 13.2 Å². The summed E-state index contributed by atoms with van der Waals surface area (Å²) in [4.78, 5) is 28.5. The lowest BCUT2D eigenvalue weighted by Crippen LogP contribution is -2.50. The molecule has 2 aromatic carbocycles. The first kappa shape index (κ1) is 24.6. The summed E-state index contributed by atoms with van der Waals surface area (Å²) in [6, 6.07) is 8.21. The lowest BCUT2D eigenvalue weighted by Gasteiger charge is -2.34. The van der Waals surface area contributed by atoms with Crippen LogP contribution in [0.2, 0.25) is 0 Å². The lowest BCUT2D eigenvalue weighted by molar-refractivity contribution is -0.137. The van der Waals surface area contributed by atoms with E-state index in [2.05, 4.69) is 0 Å². The topological polar surface area (TPSA) is 59.1 Å². The van der Waals surface area contributed by atoms with Crippen molar-refractivity contribution in [2.45, 2.75) is 32.5 Å². The first-order valence-corrected chi connectivity index (χ1v) is 11.6. The minimum atomic E-state index is -4.51.